The van der Waals surface area contributed by atoms with Gasteiger partial charge in [0.2, 0.25) is 0 Å². The largest absolute Gasteiger partial charge is 0.346 e. The predicted octanol–water partition coefficient (Wildman–Crippen LogP) is 2.42. The van der Waals surface area contributed by atoms with Crippen LogP contribution in [0.15, 0.2) is 49.1 Å². The summed E-state index contributed by atoms with van der Waals surface area (Å²) in [6.07, 6.45) is 7.27. The Bertz CT molecular complexity index is 903. The lowest BCUT2D eigenvalue weighted by Gasteiger charge is -2.04. The molecule has 0 bridgehead atoms. The summed E-state index contributed by atoms with van der Waals surface area (Å²) in [6, 6.07) is 7.83. The molecule has 0 saturated carbocycles. The maximum absolute atomic E-state index is 4.33. The summed E-state index contributed by atoms with van der Waals surface area (Å²) in [6.45, 7) is 0. The Hall–Kier alpha value is -3.02. The molecule has 0 amide bonds. The second-order valence-corrected chi connectivity index (χ2v) is 4.76. The van der Waals surface area contributed by atoms with Crippen molar-refractivity contribution in [3.8, 4) is 22.8 Å². The van der Waals surface area contributed by atoms with E-state index in [9.17, 15) is 0 Å². The van der Waals surface area contributed by atoms with Gasteiger partial charge >= 0.3 is 0 Å². The van der Waals surface area contributed by atoms with E-state index in [0.717, 1.165) is 33.8 Å². The highest BCUT2D eigenvalue weighted by atomic mass is 15.1. The van der Waals surface area contributed by atoms with Crippen LogP contribution < -0.4 is 0 Å². The van der Waals surface area contributed by atoms with Gasteiger partial charge in [0.1, 0.15) is 11.3 Å². The van der Waals surface area contributed by atoms with E-state index in [-0.39, 0.29) is 0 Å². The summed E-state index contributed by atoms with van der Waals surface area (Å²) in [4.78, 5) is 11.7. The van der Waals surface area contributed by atoms with E-state index >= 15 is 0 Å². The van der Waals surface area contributed by atoms with Crippen LogP contribution in [-0.4, -0.2) is 29.7 Å². The Kier molecular flexibility index (Phi) is 2.53. The molecule has 0 radical (unpaired) electrons. The minimum Gasteiger partial charge on any atom is -0.346 e. The van der Waals surface area contributed by atoms with Gasteiger partial charge in [-0.25, -0.2) is 9.97 Å². The minimum absolute atomic E-state index is 0.755. The lowest BCUT2D eigenvalue weighted by Crippen LogP contribution is -1.96. The number of aromatic amines is 1. The normalized spacial score (nSPS) is 11.1. The van der Waals surface area contributed by atoms with E-state index in [2.05, 4.69) is 25.1 Å². The Morgan fingerprint density at radius 2 is 1.81 bits per heavy atom. The first-order chi connectivity index (χ1) is 10.3. The van der Waals surface area contributed by atoms with Crippen LogP contribution in [0.3, 0.4) is 0 Å². The fourth-order valence-corrected chi connectivity index (χ4v) is 2.39. The smallest absolute Gasteiger partial charge is 0.160 e. The van der Waals surface area contributed by atoms with Gasteiger partial charge in [-0.15, -0.1) is 10.2 Å². The number of fused-ring (bicyclic) bond motifs is 1. The first kappa shape index (κ1) is 11.8. The molecule has 0 aliphatic heterocycles. The summed E-state index contributed by atoms with van der Waals surface area (Å²) >= 11 is 0. The highest BCUT2D eigenvalue weighted by molar-refractivity contribution is 5.91. The van der Waals surface area contributed by atoms with Crippen molar-refractivity contribution in [2.24, 2.45) is 7.05 Å². The zero-order valence-corrected chi connectivity index (χ0v) is 11.4. The number of imidazole rings is 1. The van der Waals surface area contributed by atoms with Gasteiger partial charge in [-0.1, -0.05) is 0 Å². The van der Waals surface area contributed by atoms with Crippen molar-refractivity contribution in [3.63, 3.8) is 0 Å². The van der Waals surface area contributed by atoms with Crippen LogP contribution in [0.5, 0.6) is 0 Å². The molecule has 4 rings (SSSR count). The van der Waals surface area contributed by atoms with Crippen molar-refractivity contribution < 1.29 is 0 Å². The van der Waals surface area contributed by atoms with Crippen molar-refractivity contribution in [1.29, 1.82) is 0 Å². The van der Waals surface area contributed by atoms with E-state index < -0.39 is 0 Å². The third-order valence-electron chi connectivity index (χ3n) is 3.45. The quantitative estimate of drug-likeness (QED) is 0.610. The average molecular weight is 276 g/mol. The molecule has 0 aromatic carbocycles. The molecule has 0 spiro atoms. The van der Waals surface area contributed by atoms with E-state index in [0.29, 0.717) is 0 Å². The van der Waals surface area contributed by atoms with Crippen molar-refractivity contribution in [1.82, 2.24) is 29.7 Å². The van der Waals surface area contributed by atoms with Crippen LogP contribution in [-0.2, 0) is 7.05 Å². The van der Waals surface area contributed by atoms with Crippen LogP contribution in [0.4, 0.5) is 0 Å². The second kappa shape index (κ2) is 4.52. The number of hydrogen-bond acceptors (Lipinski definition) is 4. The third kappa shape index (κ3) is 1.88. The average Bonchev–Trinajstić information content (AvgIpc) is 3.15. The Morgan fingerprint density at radius 1 is 0.952 bits per heavy atom. The molecule has 0 saturated heterocycles. The SMILES string of the molecule is Cn1ccnc1-c1ccc(-c2ccnc3[nH]ccc23)nn1. The molecule has 4 heterocycles. The number of aryl methyl sites for hydroxylation is 1. The molecule has 0 aliphatic rings. The molecule has 0 aliphatic carbocycles. The summed E-state index contributed by atoms with van der Waals surface area (Å²) in [5.41, 5.74) is 3.44. The molecule has 4 aromatic rings. The van der Waals surface area contributed by atoms with Gasteiger partial charge in [-0.2, -0.15) is 0 Å². The molecular formula is C15H12N6. The van der Waals surface area contributed by atoms with Crippen LogP contribution in [0.2, 0.25) is 0 Å². The second-order valence-electron chi connectivity index (χ2n) is 4.76. The summed E-state index contributed by atoms with van der Waals surface area (Å²) in [7, 11) is 1.93. The number of aromatic nitrogens is 6. The molecule has 0 fully saturated rings. The lowest BCUT2D eigenvalue weighted by molar-refractivity contribution is 0.905. The van der Waals surface area contributed by atoms with Gasteiger partial charge in [-0.3, -0.25) is 0 Å². The third-order valence-corrected chi connectivity index (χ3v) is 3.45. The summed E-state index contributed by atoms with van der Waals surface area (Å²) in [5.74, 6) is 0.801. The molecule has 102 valence electrons. The minimum atomic E-state index is 0.755. The van der Waals surface area contributed by atoms with Gasteiger partial charge < -0.3 is 9.55 Å². The number of H-pyrrole nitrogens is 1. The molecule has 1 N–H and O–H groups in total. The topological polar surface area (TPSA) is 72.3 Å². The first-order valence-corrected chi connectivity index (χ1v) is 6.57. The van der Waals surface area contributed by atoms with E-state index in [1.165, 1.54) is 0 Å². The zero-order chi connectivity index (χ0) is 14.2. The van der Waals surface area contributed by atoms with Crippen molar-refractivity contribution in [2.45, 2.75) is 0 Å². The molecule has 4 aromatic heterocycles. The van der Waals surface area contributed by atoms with Gasteiger partial charge in [-0.05, 0) is 24.3 Å². The molecule has 6 heteroatoms. The van der Waals surface area contributed by atoms with Gasteiger partial charge in [0.25, 0.3) is 0 Å². The van der Waals surface area contributed by atoms with Crippen LogP contribution in [0.1, 0.15) is 0 Å². The molecule has 6 nitrogen and oxygen atoms in total. The van der Waals surface area contributed by atoms with E-state index in [1.807, 2.05) is 48.3 Å². The number of pyridine rings is 1. The maximum atomic E-state index is 4.33. The van der Waals surface area contributed by atoms with Crippen molar-refractivity contribution >= 4 is 11.0 Å². The fourth-order valence-electron chi connectivity index (χ4n) is 2.39. The van der Waals surface area contributed by atoms with Crippen LogP contribution in [0.25, 0.3) is 33.8 Å². The summed E-state index contributed by atoms with van der Waals surface area (Å²) < 4.78 is 1.92. The molecule has 0 atom stereocenters. The zero-order valence-electron chi connectivity index (χ0n) is 11.4. The number of rotatable bonds is 2. The predicted molar refractivity (Wildman–Crippen MR) is 79.3 cm³/mol. The van der Waals surface area contributed by atoms with Gasteiger partial charge in [0.05, 0.1) is 5.69 Å². The standard InChI is InChI=1S/C15H12N6/c1-21-9-8-18-15(21)13-3-2-12(19-20-13)10-4-6-16-14-11(10)5-7-17-14/h2-9H,1H3,(H,16,17). The van der Waals surface area contributed by atoms with E-state index in [1.54, 1.807) is 12.4 Å². The molecule has 0 unspecified atom stereocenters. The highest BCUT2D eigenvalue weighted by Crippen LogP contribution is 2.25. The summed E-state index contributed by atoms with van der Waals surface area (Å²) in [5, 5.41) is 9.65. The Balaban J connectivity index is 1.80. The van der Waals surface area contributed by atoms with Crippen LogP contribution >= 0.6 is 0 Å². The van der Waals surface area contributed by atoms with Crippen LogP contribution in [0, 0.1) is 0 Å². The van der Waals surface area contributed by atoms with Gasteiger partial charge in [0, 0.05) is 42.8 Å². The molecule has 21 heavy (non-hydrogen) atoms. The highest BCUT2D eigenvalue weighted by Gasteiger charge is 2.09. The lowest BCUT2D eigenvalue weighted by atomic mass is 10.1. The number of hydrogen-bond donors (Lipinski definition) is 1. The van der Waals surface area contributed by atoms with Gasteiger partial charge in [0.15, 0.2) is 5.82 Å². The first-order valence-electron chi connectivity index (χ1n) is 6.57. The number of nitrogens with zero attached hydrogens (tertiary/aromatic N) is 5. The Labute approximate surface area is 120 Å². The fraction of sp³-hybridized carbons (Fsp3) is 0.0667. The number of nitrogens with one attached hydrogen (secondary N) is 1. The van der Waals surface area contributed by atoms with Crippen molar-refractivity contribution in [3.05, 3.63) is 49.1 Å². The Morgan fingerprint density at radius 3 is 2.57 bits per heavy atom. The maximum Gasteiger partial charge on any atom is 0.160 e. The monoisotopic (exact) mass is 276 g/mol. The molecular weight excluding hydrogens is 264 g/mol. The van der Waals surface area contributed by atoms with E-state index in [4.69, 9.17) is 0 Å². The van der Waals surface area contributed by atoms with Crippen molar-refractivity contribution in [2.75, 3.05) is 0 Å².